The zero-order valence-electron chi connectivity index (χ0n) is 11.6. The molecule has 1 aliphatic heterocycles. The number of carbonyl (C=O) groups excluding carboxylic acids is 1. The predicted octanol–water partition coefficient (Wildman–Crippen LogP) is 3.55. The number of ether oxygens (including phenoxy) is 1. The van der Waals surface area contributed by atoms with Gasteiger partial charge in [-0.25, -0.2) is 0 Å². The van der Waals surface area contributed by atoms with E-state index in [2.05, 4.69) is 42.5 Å². The van der Waals surface area contributed by atoms with E-state index in [1.165, 1.54) is 0 Å². The first-order valence-corrected chi connectivity index (χ1v) is 8.10. The summed E-state index contributed by atoms with van der Waals surface area (Å²) in [4.78, 5) is 12.5. The van der Waals surface area contributed by atoms with Crippen molar-refractivity contribution < 1.29 is 9.53 Å². The first-order valence-electron chi connectivity index (χ1n) is 6.51. The van der Waals surface area contributed by atoms with Gasteiger partial charge in [0.15, 0.2) is 0 Å². The molecule has 0 aromatic heterocycles. The Balaban J connectivity index is 2.19. The van der Waals surface area contributed by atoms with Gasteiger partial charge >= 0.3 is 0 Å². The maximum atomic E-state index is 12.5. The first kappa shape index (κ1) is 15.8. The van der Waals surface area contributed by atoms with Gasteiger partial charge < -0.3 is 15.4 Å². The van der Waals surface area contributed by atoms with Gasteiger partial charge in [-0.15, -0.1) is 0 Å². The molecule has 20 heavy (non-hydrogen) atoms. The summed E-state index contributed by atoms with van der Waals surface area (Å²) < 4.78 is 6.94. The van der Waals surface area contributed by atoms with Gasteiger partial charge in [-0.1, -0.05) is 6.92 Å². The van der Waals surface area contributed by atoms with Crippen LogP contribution in [0.1, 0.15) is 19.8 Å². The predicted molar refractivity (Wildman–Crippen MR) is 87.2 cm³/mol. The Bertz CT molecular complexity index is 514. The van der Waals surface area contributed by atoms with Crippen molar-refractivity contribution in [2.45, 2.75) is 19.8 Å². The fourth-order valence-electron chi connectivity index (χ4n) is 2.26. The van der Waals surface area contributed by atoms with Gasteiger partial charge in [-0.2, -0.15) is 0 Å². The molecule has 0 saturated carbocycles. The van der Waals surface area contributed by atoms with Crippen molar-refractivity contribution >= 4 is 43.5 Å². The van der Waals surface area contributed by atoms with Gasteiger partial charge in [0, 0.05) is 16.0 Å². The number of methoxy groups -OCH3 is 1. The summed E-state index contributed by atoms with van der Waals surface area (Å²) in [5.74, 6) is 0.753. The van der Waals surface area contributed by atoms with E-state index < -0.39 is 0 Å². The smallest absolute Gasteiger partial charge is 0.230 e. The molecule has 2 N–H and O–H groups in total. The number of piperidine rings is 1. The quantitative estimate of drug-likeness (QED) is 0.808. The molecule has 0 unspecified atom stereocenters. The summed E-state index contributed by atoms with van der Waals surface area (Å²) >= 11 is 6.89. The van der Waals surface area contributed by atoms with E-state index in [1.807, 2.05) is 19.1 Å². The third-order valence-corrected chi connectivity index (χ3v) is 5.02. The van der Waals surface area contributed by atoms with Crippen molar-refractivity contribution in [2.75, 3.05) is 25.5 Å². The number of amides is 1. The highest BCUT2D eigenvalue weighted by Crippen LogP contribution is 2.36. The number of hydrogen-bond acceptors (Lipinski definition) is 3. The van der Waals surface area contributed by atoms with Crippen molar-refractivity contribution in [3.8, 4) is 5.75 Å². The molecule has 0 aliphatic carbocycles. The van der Waals surface area contributed by atoms with E-state index in [1.54, 1.807) is 7.11 Å². The number of carbonyl (C=O) groups is 1. The molecule has 1 aromatic rings. The minimum absolute atomic E-state index is 0.0593. The molecule has 6 heteroatoms. The van der Waals surface area contributed by atoms with Crippen LogP contribution in [-0.2, 0) is 4.79 Å². The number of rotatable bonds is 3. The second-order valence-electron chi connectivity index (χ2n) is 5.23. The van der Waals surface area contributed by atoms with Crippen molar-refractivity contribution in [3.63, 3.8) is 0 Å². The third kappa shape index (κ3) is 3.35. The van der Waals surface area contributed by atoms with Crippen LogP contribution < -0.4 is 15.4 Å². The Morgan fingerprint density at radius 3 is 2.55 bits per heavy atom. The van der Waals surface area contributed by atoms with Crippen molar-refractivity contribution in [2.24, 2.45) is 5.41 Å². The van der Waals surface area contributed by atoms with E-state index in [4.69, 9.17) is 4.74 Å². The summed E-state index contributed by atoms with van der Waals surface area (Å²) in [7, 11) is 1.60. The van der Waals surface area contributed by atoms with Crippen LogP contribution in [0.25, 0.3) is 0 Å². The molecular formula is C14H18Br2N2O2. The van der Waals surface area contributed by atoms with E-state index in [0.29, 0.717) is 5.75 Å². The highest BCUT2D eigenvalue weighted by molar-refractivity contribution is 9.11. The molecule has 0 spiro atoms. The lowest BCUT2D eigenvalue weighted by atomic mass is 9.80. The fourth-order valence-corrected chi connectivity index (χ4v) is 3.52. The molecule has 4 nitrogen and oxygen atoms in total. The average Bonchev–Trinajstić information content (AvgIpc) is 2.42. The second kappa shape index (κ2) is 6.45. The van der Waals surface area contributed by atoms with E-state index in [0.717, 1.165) is 40.6 Å². The number of halogens is 2. The largest absolute Gasteiger partial charge is 0.495 e. The lowest BCUT2D eigenvalue weighted by Gasteiger charge is -2.32. The Morgan fingerprint density at radius 2 is 1.95 bits per heavy atom. The topological polar surface area (TPSA) is 50.4 Å². The lowest BCUT2D eigenvalue weighted by Crippen LogP contribution is -2.42. The van der Waals surface area contributed by atoms with Gasteiger partial charge in [0.2, 0.25) is 5.91 Å². The van der Waals surface area contributed by atoms with E-state index >= 15 is 0 Å². The average molecular weight is 406 g/mol. The van der Waals surface area contributed by atoms with Crippen LogP contribution >= 0.6 is 31.9 Å². The van der Waals surface area contributed by atoms with Crippen LogP contribution in [-0.4, -0.2) is 26.1 Å². The van der Waals surface area contributed by atoms with Crippen LogP contribution in [0, 0.1) is 5.41 Å². The molecule has 1 amide bonds. The van der Waals surface area contributed by atoms with E-state index in [9.17, 15) is 4.79 Å². The van der Waals surface area contributed by atoms with Crippen LogP contribution in [0.4, 0.5) is 5.69 Å². The molecular weight excluding hydrogens is 388 g/mol. The second-order valence-corrected chi connectivity index (χ2v) is 6.94. The normalized spacial score (nSPS) is 17.6. The maximum absolute atomic E-state index is 12.5. The maximum Gasteiger partial charge on any atom is 0.230 e. The van der Waals surface area contributed by atoms with Crippen LogP contribution in [0.5, 0.6) is 5.75 Å². The molecule has 110 valence electrons. The van der Waals surface area contributed by atoms with Crippen molar-refractivity contribution in [1.29, 1.82) is 0 Å². The monoisotopic (exact) mass is 404 g/mol. The zero-order valence-corrected chi connectivity index (χ0v) is 14.7. The molecule has 2 rings (SSSR count). The molecule has 1 aliphatic rings. The van der Waals surface area contributed by atoms with Gasteiger partial charge in [0.1, 0.15) is 5.75 Å². The van der Waals surface area contributed by atoms with Crippen LogP contribution in [0.3, 0.4) is 0 Å². The molecule has 1 aromatic carbocycles. The Kier molecular flexibility index (Phi) is 5.09. The van der Waals surface area contributed by atoms with Gasteiger partial charge in [-0.3, -0.25) is 4.79 Å². The summed E-state index contributed by atoms with van der Waals surface area (Å²) in [5, 5.41) is 6.29. The number of anilines is 1. The number of hydrogen-bond donors (Lipinski definition) is 2. The summed E-state index contributed by atoms with van der Waals surface area (Å²) in [6.45, 7) is 3.79. The fraction of sp³-hybridized carbons (Fsp3) is 0.500. The zero-order chi connectivity index (χ0) is 14.8. The molecule has 0 radical (unpaired) electrons. The summed E-state index contributed by atoms with van der Waals surface area (Å²) in [6.07, 6.45) is 1.70. The lowest BCUT2D eigenvalue weighted by molar-refractivity contribution is -0.126. The SMILES string of the molecule is COc1cc(NC(=O)C2(C)CCNCC2)c(Br)cc1Br. The molecule has 1 saturated heterocycles. The number of benzene rings is 1. The van der Waals surface area contributed by atoms with Gasteiger partial charge in [0.25, 0.3) is 0 Å². The Morgan fingerprint density at radius 1 is 1.30 bits per heavy atom. The van der Waals surface area contributed by atoms with Gasteiger partial charge in [0.05, 0.1) is 17.3 Å². The van der Waals surface area contributed by atoms with Crippen molar-refractivity contribution in [1.82, 2.24) is 5.32 Å². The van der Waals surface area contributed by atoms with Crippen LogP contribution in [0.2, 0.25) is 0 Å². The Labute approximate surface area is 135 Å². The molecule has 0 atom stereocenters. The minimum Gasteiger partial charge on any atom is -0.495 e. The highest BCUT2D eigenvalue weighted by Gasteiger charge is 2.34. The third-order valence-electron chi connectivity index (χ3n) is 3.74. The van der Waals surface area contributed by atoms with Gasteiger partial charge in [-0.05, 0) is 63.9 Å². The van der Waals surface area contributed by atoms with E-state index in [-0.39, 0.29) is 11.3 Å². The molecule has 0 bridgehead atoms. The standard InChI is InChI=1S/C14H18Br2N2O2/c1-14(3-5-17-6-4-14)13(19)18-11-8-12(20-2)10(16)7-9(11)15/h7-8,17H,3-6H2,1-2H3,(H,18,19). The summed E-state index contributed by atoms with van der Waals surface area (Å²) in [5.41, 5.74) is 0.417. The first-order chi connectivity index (χ1) is 9.46. The highest BCUT2D eigenvalue weighted by atomic mass is 79.9. The Hall–Kier alpha value is -0.590. The van der Waals surface area contributed by atoms with Crippen LogP contribution in [0.15, 0.2) is 21.1 Å². The molecule has 1 heterocycles. The van der Waals surface area contributed by atoms with Crippen molar-refractivity contribution in [3.05, 3.63) is 21.1 Å². The summed E-state index contributed by atoms with van der Waals surface area (Å²) in [6, 6.07) is 3.69. The number of nitrogens with one attached hydrogen (secondary N) is 2. The molecule has 1 fully saturated rings. The minimum atomic E-state index is -0.314.